The van der Waals surface area contributed by atoms with Gasteiger partial charge in [0.05, 0.1) is 26.8 Å². The molecule has 0 bridgehead atoms. The summed E-state index contributed by atoms with van der Waals surface area (Å²) in [5, 5.41) is 6.91. The summed E-state index contributed by atoms with van der Waals surface area (Å²) in [7, 11) is 3.21. The lowest BCUT2D eigenvalue weighted by Crippen LogP contribution is -2.27. The number of aromatic nitrogens is 3. The molecule has 7 heteroatoms. The Morgan fingerprint density at radius 2 is 2.18 bits per heavy atom. The fourth-order valence-corrected chi connectivity index (χ4v) is 2.13. The number of hydrogen-bond donors (Lipinski definition) is 1. The lowest BCUT2D eigenvalue weighted by Gasteiger charge is -2.18. The van der Waals surface area contributed by atoms with Gasteiger partial charge in [-0.05, 0) is 25.1 Å². The number of ether oxygens (including phenoxy) is 2. The Morgan fingerprint density at radius 3 is 2.82 bits per heavy atom. The molecule has 1 unspecified atom stereocenters. The summed E-state index contributed by atoms with van der Waals surface area (Å²) in [5.41, 5.74) is 0.871. The number of nitrogens with one attached hydrogen (secondary N) is 1. The van der Waals surface area contributed by atoms with Crippen molar-refractivity contribution in [3.8, 4) is 11.5 Å². The summed E-state index contributed by atoms with van der Waals surface area (Å²) in [6.45, 7) is 2.40. The first-order valence-electron chi connectivity index (χ1n) is 6.97. The van der Waals surface area contributed by atoms with Crippen LogP contribution in [0.25, 0.3) is 0 Å². The van der Waals surface area contributed by atoms with Crippen LogP contribution < -0.4 is 14.8 Å². The number of benzene rings is 1. The van der Waals surface area contributed by atoms with Crippen LogP contribution in [0.5, 0.6) is 11.5 Å². The van der Waals surface area contributed by atoms with Gasteiger partial charge < -0.3 is 14.8 Å². The summed E-state index contributed by atoms with van der Waals surface area (Å²) >= 11 is 0. The van der Waals surface area contributed by atoms with Crippen LogP contribution in [0.4, 0.5) is 0 Å². The van der Waals surface area contributed by atoms with E-state index >= 15 is 0 Å². The van der Waals surface area contributed by atoms with Gasteiger partial charge in [-0.1, -0.05) is 0 Å². The van der Waals surface area contributed by atoms with E-state index in [0.717, 1.165) is 11.3 Å². The van der Waals surface area contributed by atoms with Gasteiger partial charge in [0.1, 0.15) is 24.2 Å². The lowest BCUT2D eigenvalue weighted by molar-refractivity contribution is -0.122. The highest BCUT2D eigenvalue weighted by Crippen LogP contribution is 2.29. The van der Waals surface area contributed by atoms with Crippen LogP contribution in [-0.4, -0.2) is 34.9 Å². The number of carbonyl (C=O) groups is 1. The molecule has 1 heterocycles. The van der Waals surface area contributed by atoms with Crippen LogP contribution >= 0.6 is 0 Å². The quantitative estimate of drug-likeness (QED) is 0.840. The van der Waals surface area contributed by atoms with E-state index in [0.29, 0.717) is 18.7 Å². The van der Waals surface area contributed by atoms with Gasteiger partial charge in [0.15, 0.2) is 0 Å². The maximum absolute atomic E-state index is 12.0. The Kier molecular flexibility index (Phi) is 5.35. The predicted molar refractivity (Wildman–Crippen MR) is 80.7 cm³/mol. The summed E-state index contributed by atoms with van der Waals surface area (Å²) in [6, 6.07) is 5.32. The third-order valence-electron chi connectivity index (χ3n) is 3.32. The van der Waals surface area contributed by atoms with Gasteiger partial charge in [-0.25, -0.2) is 4.98 Å². The van der Waals surface area contributed by atoms with Crippen molar-refractivity contribution >= 4 is 5.91 Å². The van der Waals surface area contributed by atoms with Crippen LogP contribution in [0.2, 0.25) is 0 Å². The average Bonchev–Trinajstić information content (AvgIpc) is 3.05. The van der Waals surface area contributed by atoms with Crippen LogP contribution in [0.15, 0.2) is 30.9 Å². The highest BCUT2D eigenvalue weighted by atomic mass is 16.5. The third kappa shape index (κ3) is 3.97. The van der Waals surface area contributed by atoms with Crippen molar-refractivity contribution in [3.63, 3.8) is 0 Å². The standard InChI is InChI=1S/C15H20N4O3/c1-11(13-8-12(21-2)4-5-14(13)22-3)18-15(20)6-7-19-10-16-9-17-19/h4-5,8-11H,6-7H2,1-3H3,(H,18,20). The summed E-state index contributed by atoms with van der Waals surface area (Å²) < 4.78 is 12.2. The zero-order valence-electron chi connectivity index (χ0n) is 12.9. The Bertz CT molecular complexity index is 613. The molecule has 1 N–H and O–H groups in total. The van der Waals surface area contributed by atoms with E-state index in [1.807, 2.05) is 25.1 Å². The Balaban J connectivity index is 1.98. The SMILES string of the molecule is COc1ccc(OC)c(C(C)NC(=O)CCn2cncn2)c1. The summed E-state index contributed by atoms with van der Waals surface area (Å²) in [5.74, 6) is 1.37. The zero-order chi connectivity index (χ0) is 15.9. The van der Waals surface area contributed by atoms with Gasteiger partial charge in [0.25, 0.3) is 0 Å². The number of hydrogen-bond acceptors (Lipinski definition) is 5. The first-order valence-corrected chi connectivity index (χ1v) is 6.97. The van der Waals surface area contributed by atoms with E-state index in [4.69, 9.17) is 9.47 Å². The molecular formula is C15H20N4O3. The molecule has 0 radical (unpaired) electrons. The highest BCUT2D eigenvalue weighted by molar-refractivity contribution is 5.76. The normalized spacial score (nSPS) is 11.8. The number of carbonyl (C=O) groups excluding carboxylic acids is 1. The molecule has 1 aromatic heterocycles. The highest BCUT2D eigenvalue weighted by Gasteiger charge is 2.15. The van der Waals surface area contributed by atoms with Gasteiger partial charge in [-0.15, -0.1) is 0 Å². The first kappa shape index (κ1) is 15.8. The monoisotopic (exact) mass is 304 g/mol. The fourth-order valence-electron chi connectivity index (χ4n) is 2.13. The average molecular weight is 304 g/mol. The van der Waals surface area contributed by atoms with Crippen LogP contribution in [-0.2, 0) is 11.3 Å². The van der Waals surface area contributed by atoms with Crippen LogP contribution in [0, 0.1) is 0 Å². The van der Waals surface area contributed by atoms with E-state index in [9.17, 15) is 4.79 Å². The molecule has 22 heavy (non-hydrogen) atoms. The lowest BCUT2D eigenvalue weighted by atomic mass is 10.1. The molecule has 0 saturated carbocycles. The molecule has 0 saturated heterocycles. The second-order valence-corrected chi connectivity index (χ2v) is 4.81. The Morgan fingerprint density at radius 1 is 1.36 bits per heavy atom. The predicted octanol–water partition coefficient (Wildman–Crippen LogP) is 1.56. The van der Waals surface area contributed by atoms with Crippen molar-refractivity contribution in [1.82, 2.24) is 20.1 Å². The third-order valence-corrected chi connectivity index (χ3v) is 3.32. The molecule has 0 fully saturated rings. The largest absolute Gasteiger partial charge is 0.497 e. The van der Waals surface area contributed by atoms with E-state index in [1.165, 1.54) is 6.33 Å². The van der Waals surface area contributed by atoms with Gasteiger partial charge in [-0.2, -0.15) is 5.10 Å². The van der Waals surface area contributed by atoms with Gasteiger partial charge >= 0.3 is 0 Å². The maximum Gasteiger partial charge on any atom is 0.222 e. The molecule has 118 valence electrons. The zero-order valence-corrected chi connectivity index (χ0v) is 12.9. The summed E-state index contributed by atoms with van der Waals surface area (Å²) in [4.78, 5) is 15.9. The topological polar surface area (TPSA) is 78.3 Å². The van der Waals surface area contributed by atoms with Gasteiger partial charge in [0, 0.05) is 12.0 Å². The molecule has 1 amide bonds. The minimum atomic E-state index is -0.187. The first-order chi connectivity index (χ1) is 10.6. The van der Waals surface area contributed by atoms with Crippen molar-refractivity contribution in [2.75, 3.05) is 14.2 Å². The molecular weight excluding hydrogens is 284 g/mol. The molecule has 1 atom stereocenters. The van der Waals surface area contributed by atoms with Crippen molar-refractivity contribution in [3.05, 3.63) is 36.4 Å². The molecule has 2 rings (SSSR count). The molecule has 1 aromatic carbocycles. The van der Waals surface area contributed by atoms with E-state index in [2.05, 4.69) is 15.4 Å². The maximum atomic E-state index is 12.0. The van der Waals surface area contributed by atoms with E-state index < -0.39 is 0 Å². The molecule has 2 aromatic rings. The number of aryl methyl sites for hydroxylation is 1. The molecule has 7 nitrogen and oxygen atoms in total. The molecule has 0 spiro atoms. The molecule has 0 aliphatic rings. The van der Waals surface area contributed by atoms with Crippen LogP contribution in [0.1, 0.15) is 24.9 Å². The minimum Gasteiger partial charge on any atom is -0.497 e. The molecule has 0 aliphatic heterocycles. The van der Waals surface area contributed by atoms with Crippen LogP contribution in [0.3, 0.4) is 0 Å². The van der Waals surface area contributed by atoms with Crippen molar-refractivity contribution < 1.29 is 14.3 Å². The second-order valence-electron chi connectivity index (χ2n) is 4.81. The second kappa shape index (κ2) is 7.44. The van der Waals surface area contributed by atoms with E-state index in [-0.39, 0.29) is 11.9 Å². The molecule has 0 aliphatic carbocycles. The Hall–Kier alpha value is -2.57. The van der Waals surface area contributed by atoms with Gasteiger partial charge in [0.2, 0.25) is 5.91 Å². The number of rotatable bonds is 7. The number of methoxy groups -OCH3 is 2. The summed E-state index contributed by atoms with van der Waals surface area (Å²) in [6.07, 6.45) is 3.36. The van der Waals surface area contributed by atoms with E-state index in [1.54, 1.807) is 25.2 Å². The minimum absolute atomic E-state index is 0.0622. The van der Waals surface area contributed by atoms with Crippen molar-refractivity contribution in [2.24, 2.45) is 0 Å². The van der Waals surface area contributed by atoms with Crippen molar-refractivity contribution in [1.29, 1.82) is 0 Å². The fraction of sp³-hybridized carbons (Fsp3) is 0.400. The number of amides is 1. The number of nitrogens with zero attached hydrogens (tertiary/aromatic N) is 3. The van der Waals surface area contributed by atoms with Crippen molar-refractivity contribution in [2.45, 2.75) is 25.9 Å². The van der Waals surface area contributed by atoms with Gasteiger partial charge in [-0.3, -0.25) is 9.48 Å². The smallest absolute Gasteiger partial charge is 0.222 e. The Labute approximate surface area is 129 Å².